The number of hydrogen-bond acceptors (Lipinski definition) is 5. The van der Waals surface area contributed by atoms with Crippen molar-refractivity contribution in [1.29, 1.82) is 0 Å². The number of thiophene rings is 1. The molecule has 0 radical (unpaired) electrons. The molecule has 0 aliphatic heterocycles. The van der Waals surface area contributed by atoms with E-state index in [-0.39, 0.29) is 9.10 Å². The number of nitrogens with one attached hydrogen (secondary N) is 1. The molecule has 0 aliphatic carbocycles. The summed E-state index contributed by atoms with van der Waals surface area (Å²) in [6.07, 6.45) is 0. The fourth-order valence-electron chi connectivity index (χ4n) is 1.75. The largest absolute Gasteiger partial charge is 0.250 e. The third-order valence-electron chi connectivity index (χ3n) is 2.85. The van der Waals surface area contributed by atoms with Crippen LogP contribution in [0, 0.1) is 0 Å². The molecule has 120 valence electrons. The first-order valence-electron chi connectivity index (χ1n) is 6.00. The van der Waals surface area contributed by atoms with Crippen LogP contribution in [0.25, 0.3) is 0 Å². The highest BCUT2D eigenvalue weighted by atomic mass is 35.5. The van der Waals surface area contributed by atoms with Crippen LogP contribution in [0.1, 0.15) is 18.5 Å². The van der Waals surface area contributed by atoms with Crippen LogP contribution in [0.3, 0.4) is 0 Å². The van der Waals surface area contributed by atoms with Gasteiger partial charge in [0.25, 0.3) is 10.0 Å². The van der Waals surface area contributed by atoms with Crippen LogP contribution in [0.15, 0.2) is 45.5 Å². The normalized spacial score (nSPS) is 14.0. The molecule has 1 aromatic carbocycles. The molecule has 0 aliphatic rings. The molecule has 1 heterocycles. The number of nitrogens with two attached hydrogens (primary N) is 1. The molecule has 0 amide bonds. The van der Waals surface area contributed by atoms with Crippen molar-refractivity contribution >= 4 is 43.0 Å². The summed E-state index contributed by atoms with van der Waals surface area (Å²) in [6.45, 7) is 1.65. The van der Waals surface area contributed by atoms with Crippen molar-refractivity contribution in [3.8, 4) is 0 Å². The van der Waals surface area contributed by atoms with Crippen LogP contribution in [0.4, 0.5) is 0 Å². The summed E-state index contributed by atoms with van der Waals surface area (Å²) < 4.78 is 49.7. The van der Waals surface area contributed by atoms with Crippen molar-refractivity contribution in [2.75, 3.05) is 0 Å². The molecule has 1 atom stereocenters. The van der Waals surface area contributed by atoms with Crippen LogP contribution in [0.2, 0.25) is 4.34 Å². The zero-order valence-electron chi connectivity index (χ0n) is 11.4. The Morgan fingerprint density at radius 2 is 1.68 bits per heavy atom. The SMILES string of the molecule is C[C@@H](NS(=O)(=O)c1ccc(Cl)s1)c1ccc(S(N)(=O)=O)cc1. The highest BCUT2D eigenvalue weighted by molar-refractivity contribution is 7.91. The van der Waals surface area contributed by atoms with Gasteiger partial charge >= 0.3 is 0 Å². The minimum Gasteiger partial charge on any atom is -0.225 e. The maximum Gasteiger partial charge on any atom is 0.250 e. The molecule has 0 unspecified atom stereocenters. The maximum atomic E-state index is 12.2. The highest BCUT2D eigenvalue weighted by Gasteiger charge is 2.20. The summed E-state index contributed by atoms with van der Waals surface area (Å²) in [7, 11) is -7.46. The Labute approximate surface area is 138 Å². The summed E-state index contributed by atoms with van der Waals surface area (Å²) in [6, 6.07) is 8.07. The third kappa shape index (κ3) is 4.06. The molecule has 0 bridgehead atoms. The van der Waals surface area contributed by atoms with E-state index in [4.69, 9.17) is 16.7 Å². The van der Waals surface area contributed by atoms with Crippen molar-refractivity contribution in [3.63, 3.8) is 0 Å². The zero-order valence-corrected chi connectivity index (χ0v) is 14.6. The summed E-state index contributed by atoms with van der Waals surface area (Å²) in [5.74, 6) is 0. The van der Waals surface area contributed by atoms with Gasteiger partial charge in [-0.15, -0.1) is 11.3 Å². The summed E-state index contributed by atoms with van der Waals surface area (Å²) >= 11 is 6.69. The zero-order chi connectivity index (χ0) is 16.5. The average Bonchev–Trinajstić information content (AvgIpc) is 2.85. The van der Waals surface area contributed by atoms with Gasteiger partial charge in [0.2, 0.25) is 10.0 Å². The van der Waals surface area contributed by atoms with Crippen LogP contribution in [-0.4, -0.2) is 16.8 Å². The molecule has 22 heavy (non-hydrogen) atoms. The Hall–Kier alpha value is -0.970. The van der Waals surface area contributed by atoms with E-state index in [1.165, 1.54) is 36.4 Å². The van der Waals surface area contributed by atoms with Crippen molar-refractivity contribution in [3.05, 3.63) is 46.3 Å². The first-order chi connectivity index (χ1) is 10.1. The van der Waals surface area contributed by atoms with E-state index >= 15 is 0 Å². The van der Waals surface area contributed by atoms with Gasteiger partial charge in [-0.2, -0.15) is 0 Å². The van der Waals surface area contributed by atoms with Gasteiger partial charge in [-0.1, -0.05) is 23.7 Å². The van der Waals surface area contributed by atoms with E-state index in [0.717, 1.165) is 11.3 Å². The topological polar surface area (TPSA) is 106 Å². The predicted octanol–water partition coefficient (Wildman–Crippen LogP) is 2.09. The number of primary sulfonamides is 1. The van der Waals surface area contributed by atoms with Gasteiger partial charge < -0.3 is 0 Å². The number of sulfonamides is 2. The van der Waals surface area contributed by atoms with Gasteiger partial charge in [0.15, 0.2) is 0 Å². The molecule has 0 saturated heterocycles. The second-order valence-electron chi connectivity index (χ2n) is 4.52. The Balaban J connectivity index is 2.20. The summed E-state index contributed by atoms with van der Waals surface area (Å²) in [4.78, 5) is -0.0312. The van der Waals surface area contributed by atoms with Crippen molar-refractivity contribution in [1.82, 2.24) is 4.72 Å². The second kappa shape index (κ2) is 6.26. The second-order valence-corrected chi connectivity index (χ2v) is 9.73. The van der Waals surface area contributed by atoms with Gasteiger partial charge in [-0.05, 0) is 36.8 Å². The number of benzene rings is 1. The lowest BCUT2D eigenvalue weighted by Gasteiger charge is -2.14. The molecule has 6 nitrogen and oxygen atoms in total. The molecule has 2 rings (SSSR count). The fourth-order valence-corrected chi connectivity index (χ4v) is 4.99. The minimum atomic E-state index is -3.77. The van der Waals surface area contributed by atoms with Crippen molar-refractivity contribution < 1.29 is 16.8 Å². The number of hydrogen-bond donors (Lipinski definition) is 2. The molecule has 2 aromatic rings. The van der Waals surface area contributed by atoms with E-state index in [1.807, 2.05) is 0 Å². The molecule has 1 aromatic heterocycles. The lowest BCUT2D eigenvalue weighted by atomic mass is 10.1. The van der Waals surface area contributed by atoms with Crippen LogP contribution in [0.5, 0.6) is 0 Å². The van der Waals surface area contributed by atoms with Crippen molar-refractivity contribution in [2.24, 2.45) is 5.14 Å². The number of rotatable bonds is 5. The predicted molar refractivity (Wildman–Crippen MR) is 85.9 cm³/mol. The van der Waals surface area contributed by atoms with Crippen molar-refractivity contribution in [2.45, 2.75) is 22.1 Å². The monoisotopic (exact) mass is 380 g/mol. The first kappa shape index (κ1) is 17.4. The lowest BCUT2D eigenvalue weighted by molar-refractivity contribution is 0.568. The van der Waals surface area contributed by atoms with E-state index in [1.54, 1.807) is 6.92 Å². The standard InChI is InChI=1S/C12H13ClN2O4S3/c1-8(9-2-4-10(5-3-9)21(14,16)17)15-22(18,19)12-7-6-11(13)20-12/h2-8,15H,1H3,(H2,14,16,17)/t8-/m1/s1. The quantitative estimate of drug-likeness (QED) is 0.828. The molecule has 0 saturated carbocycles. The van der Waals surface area contributed by atoms with Crippen LogP contribution >= 0.6 is 22.9 Å². The molecule has 0 fully saturated rings. The Morgan fingerprint density at radius 1 is 1.09 bits per heavy atom. The van der Waals surface area contributed by atoms with Gasteiger partial charge in [-0.25, -0.2) is 26.7 Å². The molecule has 10 heteroatoms. The van der Waals surface area contributed by atoms with Crippen LogP contribution in [-0.2, 0) is 20.0 Å². The number of halogens is 1. The van der Waals surface area contributed by atoms with Gasteiger partial charge in [-0.3, -0.25) is 0 Å². The fraction of sp³-hybridized carbons (Fsp3) is 0.167. The Morgan fingerprint density at radius 3 is 2.14 bits per heavy atom. The maximum absolute atomic E-state index is 12.2. The lowest BCUT2D eigenvalue weighted by Crippen LogP contribution is -2.26. The van der Waals surface area contributed by atoms with Crippen LogP contribution < -0.4 is 9.86 Å². The first-order valence-corrected chi connectivity index (χ1v) is 10.2. The smallest absolute Gasteiger partial charge is 0.225 e. The molecule has 3 N–H and O–H groups in total. The minimum absolute atomic E-state index is 0.0312. The van der Waals surface area contributed by atoms with E-state index in [9.17, 15) is 16.8 Å². The van der Waals surface area contributed by atoms with Gasteiger partial charge in [0.1, 0.15) is 4.21 Å². The Bertz CT molecular complexity index is 873. The summed E-state index contributed by atoms with van der Waals surface area (Å²) in [5, 5.41) is 5.01. The van der Waals surface area contributed by atoms with Gasteiger partial charge in [0.05, 0.1) is 9.23 Å². The Kier molecular flexibility index (Phi) is 4.95. The molecular weight excluding hydrogens is 368 g/mol. The molecular formula is C12H13ClN2O4S3. The summed E-state index contributed by atoms with van der Waals surface area (Å²) in [5.41, 5.74) is 0.610. The molecule has 0 spiro atoms. The highest BCUT2D eigenvalue weighted by Crippen LogP contribution is 2.27. The van der Waals surface area contributed by atoms with E-state index in [2.05, 4.69) is 4.72 Å². The van der Waals surface area contributed by atoms with Gasteiger partial charge in [0, 0.05) is 6.04 Å². The van der Waals surface area contributed by atoms with E-state index < -0.39 is 26.1 Å². The van der Waals surface area contributed by atoms with E-state index in [0.29, 0.717) is 9.90 Å². The third-order valence-corrected chi connectivity index (χ3v) is 7.05. The average molecular weight is 381 g/mol.